The molecule has 0 N–H and O–H groups in total. The van der Waals surface area contributed by atoms with Gasteiger partial charge in [-0.25, -0.2) is 9.97 Å². The fourth-order valence-corrected chi connectivity index (χ4v) is 6.37. The molecule has 4 aromatic rings. The Labute approximate surface area is 188 Å². The van der Waals surface area contributed by atoms with Gasteiger partial charge in [-0.2, -0.15) is 0 Å². The lowest BCUT2D eigenvalue weighted by Gasteiger charge is -2.18. The Morgan fingerprint density at radius 1 is 1.13 bits per heavy atom. The molecule has 0 unspecified atom stereocenters. The molecule has 0 aliphatic heterocycles. The van der Waals surface area contributed by atoms with Crippen molar-refractivity contribution >= 4 is 39.0 Å². The van der Waals surface area contributed by atoms with Gasteiger partial charge in [-0.1, -0.05) is 30.7 Å². The lowest BCUT2D eigenvalue weighted by atomic mass is 10.2. The SMILES string of the molecule is Cc1ccc2nc(CSc3nc4sc(C)c(C)c4c(=O)n3C3CCCC3)cc(=O)n2c1. The van der Waals surface area contributed by atoms with Crippen molar-refractivity contribution in [3.05, 3.63) is 66.8 Å². The van der Waals surface area contributed by atoms with E-state index in [0.717, 1.165) is 57.1 Å². The molecule has 1 aliphatic rings. The lowest BCUT2D eigenvalue weighted by molar-refractivity contribution is 0.458. The Kier molecular flexibility index (Phi) is 5.22. The number of rotatable bonds is 4. The van der Waals surface area contributed by atoms with Crippen LogP contribution in [0.25, 0.3) is 15.9 Å². The summed E-state index contributed by atoms with van der Waals surface area (Å²) in [4.78, 5) is 37.5. The zero-order chi connectivity index (χ0) is 21.7. The van der Waals surface area contributed by atoms with Crippen molar-refractivity contribution in [1.82, 2.24) is 18.9 Å². The molecule has 1 saturated carbocycles. The number of aromatic nitrogens is 4. The average Bonchev–Trinajstić information content (AvgIpc) is 3.35. The molecule has 5 rings (SSSR count). The highest BCUT2D eigenvalue weighted by atomic mass is 32.2. The lowest BCUT2D eigenvalue weighted by Crippen LogP contribution is -2.26. The van der Waals surface area contributed by atoms with Gasteiger partial charge in [0.25, 0.3) is 11.1 Å². The first-order valence-electron chi connectivity index (χ1n) is 10.6. The minimum absolute atomic E-state index is 0.0725. The number of pyridine rings is 1. The number of hydrogen-bond acceptors (Lipinski definition) is 6. The van der Waals surface area contributed by atoms with E-state index in [-0.39, 0.29) is 17.2 Å². The normalized spacial score (nSPS) is 14.8. The third kappa shape index (κ3) is 3.61. The van der Waals surface area contributed by atoms with Gasteiger partial charge >= 0.3 is 0 Å². The molecule has 4 aromatic heterocycles. The Morgan fingerprint density at radius 3 is 2.68 bits per heavy atom. The molecular weight excluding hydrogens is 428 g/mol. The first kappa shape index (κ1) is 20.5. The molecule has 6 nitrogen and oxygen atoms in total. The van der Waals surface area contributed by atoms with Gasteiger partial charge < -0.3 is 0 Å². The molecule has 0 spiro atoms. The standard InChI is InChI=1S/C23H24N4O2S2/c1-13-8-9-18-24-16(10-19(28)26(18)11-13)12-30-23-25-21-20(14(2)15(3)31-21)22(29)27(23)17-6-4-5-7-17/h8-11,17H,4-7,12H2,1-3H3. The van der Waals surface area contributed by atoms with Gasteiger partial charge in [0.15, 0.2) is 5.16 Å². The molecular formula is C23H24N4O2S2. The molecule has 0 radical (unpaired) electrons. The van der Waals surface area contributed by atoms with Crippen molar-refractivity contribution in [1.29, 1.82) is 0 Å². The Bertz CT molecular complexity index is 1430. The van der Waals surface area contributed by atoms with Crippen molar-refractivity contribution < 1.29 is 0 Å². The Morgan fingerprint density at radius 2 is 1.90 bits per heavy atom. The molecule has 8 heteroatoms. The van der Waals surface area contributed by atoms with E-state index in [2.05, 4.69) is 4.98 Å². The molecule has 0 saturated heterocycles. The largest absolute Gasteiger partial charge is 0.284 e. The number of thioether (sulfide) groups is 1. The van der Waals surface area contributed by atoms with E-state index >= 15 is 0 Å². The van der Waals surface area contributed by atoms with Gasteiger partial charge in [-0.15, -0.1) is 11.3 Å². The highest BCUT2D eigenvalue weighted by molar-refractivity contribution is 7.98. The minimum Gasteiger partial charge on any atom is -0.284 e. The summed E-state index contributed by atoms with van der Waals surface area (Å²) >= 11 is 3.08. The second kappa shape index (κ2) is 7.91. The summed E-state index contributed by atoms with van der Waals surface area (Å²) in [7, 11) is 0. The summed E-state index contributed by atoms with van der Waals surface area (Å²) in [6.45, 7) is 6.01. The van der Waals surface area contributed by atoms with E-state index in [1.807, 2.05) is 37.5 Å². The molecule has 160 valence electrons. The first-order valence-corrected chi connectivity index (χ1v) is 12.4. The predicted molar refractivity (Wildman–Crippen MR) is 127 cm³/mol. The van der Waals surface area contributed by atoms with E-state index in [1.54, 1.807) is 28.0 Å². The fourth-order valence-electron chi connectivity index (χ4n) is 4.34. The van der Waals surface area contributed by atoms with Crippen molar-refractivity contribution in [2.75, 3.05) is 0 Å². The van der Waals surface area contributed by atoms with Crippen molar-refractivity contribution in [3.8, 4) is 0 Å². The molecule has 4 heterocycles. The summed E-state index contributed by atoms with van der Waals surface area (Å²) in [5, 5.41) is 1.49. The smallest absolute Gasteiger partial charge is 0.263 e. The summed E-state index contributed by atoms with van der Waals surface area (Å²) in [5.41, 5.74) is 3.37. The maximum Gasteiger partial charge on any atom is 0.263 e. The summed E-state index contributed by atoms with van der Waals surface area (Å²) < 4.78 is 3.48. The monoisotopic (exact) mass is 452 g/mol. The van der Waals surface area contributed by atoms with E-state index in [0.29, 0.717) is 17.1 Å². The van der Waals surface area contributed by atoms with Crippen LogP contribution in [0.1, 0.15) is 53.4 Å². The van der Waals surface area contributed by atoms with Crippen LogP contribution in [0.3, 0.4) is 0 Å². The molecule has 0 aromatic carbocycles. The highest BCUT2D eigenvalue weighted by Crippen LogP contribution is 2.35. The van der Waals surface area contributed by atoms with Crippen LogP contribution in [0, 0.1) is 20.8 Å². The third-order valence-electron chi connectivity index (χ3n) is 6.10. The quantitative estimate of drug-likeness (QED) is 0.329. The van der Waals surface area contributed by atoms with Crippen LogP contribution in [-0.4, -0.2) is 18.9 Å². The van der Waals surface area contributed by atoms with E-state index in [1.165, 1.54) is 11.8 Å². The number of thiophene rings is 1. The Hall–Kier alpha value is -2.45. The van der Waals surface area contributed by atoms with Crippen LogP contribution in [0.15, 0.2) is 39.1 Å². The van der Waals surface area contributed by atoms with E-state index in [4.69, 9.17) is 4.98 Å². The Balaban J connectivity index is 1.56. The average molecular weight is 453 g/mol. The zero-order valence-electron chi connectivity index (χ0n) is 17.8. The molecule has 1 aliphatic carbocycles. The van der Waals surface area contributed by atoms with Crippen LogP contribution >= 0.6 is 23.1 Å². The van der Waals surface area contributed by atoms with Crippen molar-refractivity contribution in [2.24, 2.45) is 0 Å². The molecule has 1 fully saturated rings. The number of fused-ring (bicyclic) bond motifs is 2. The molecule has 0 bridgehead atoms. The van der Waals surface area contributed by atoms with E-state index < -0.39 is 0 Å². The third-order valence-corrected chi connectivity index (χ3v) is 8.19. The topological polar surface area (TPSA) is 69.3 Å². The zero-order valence-corrected chi connectivity index (χ0v) is 19.5. The second-order valence-corrected chi connectivity index (χ2v) is 10.4. The predicted octanol–water partition coefficient (Wildman–Crippen LogP) is 4.80. The van der Waals surface area contributed by atoms with Gasteiger partial charge in [-0.3, -0.25) is 18.6 Å². The fraction of sp³-hybridized carbons (Fsp3) is 0.391. The van der Waals surface area contributed by atoms with Crippen LogP contribution in [0.5, 0.6) is 0 Å². The summed E-state index contributed by atoms with van der Waals surface area (Å²) in [6, 6.07) is 5.59. The van der Waals surface area contributed by atoms with Crippen LogP contribution in [0.4, 0.5) is 0 Å². The number of nitrogens with zero attached hydrogens (tertiary/aromatic N) is 4. The molecule has 0 amide bonds. The number of aryl methyl sites for hydroxylation is 3. The van der Waals surface area contributed by atoms with Crippen LogP contribution < -0.4 is 11.1 Å². The van der Waals surface area contributed by atoms with Gasteiger partial charge in [-0.05, 0) is 50.8 Å². The summed E-state index contributed by atoms with van der Waals surface area (Å²) in [6.07, 6.45) is 6.11. The van der Waals surface area contributed by atoms with Crippen molar-refractivity contribution in [3.63, 3.8) is 0 Å². The van der Waals surface area contributed by atoms with Gasteiger partial charge in [0.2, 0.25) is 0 Å². The van der Waals surface area contributed by atoms with Crippen LogP contribution in [-0.2, 0) is 5.75 Å². The maximum absolute atomic E-state index is 13.5. The highest BCUT2D eigenvalue weighted by Gasteiger charge is 2.25. The van der Waals surface area contributed by atoms with Crippen LogP contribution in [0.2, 0.25) is 0 Å². The second-order valence-electron chi connectivity index (χ2n) is 8.28. The number of hydrogen-bond donors (Lipinski definition) is 0. The van der Waals surface area contributed by atoms with E-state index in [9.17, 15) is 9.59 Å². The molecule has 31 heavy (non-hydrogen) atoms. The first-order chi connectivity index (χ1) is 14.9. The minimum atomic E-state index is -0.0922. The maximum atomic E-state index is 13.5. The van der Waals surface area contributed by atoms with Gasteiger partial charge in [0.05, 0.1) is 11.1 Å². The van der Waals surface area contributed by atoms with Gasteiger partial charge in [0, 0.05) is 28.9 Å². The van der Waals surface area contributed by atoms with Crippen molar-refractivity contribution in [2.45, 2.75) is 63.4 Å². The molecule has 0 atom stereocenters. The van der Waals surface area contributed by atoms with Gasteiger partial charge in [0.1, 0.15) is 10.5 Å². The summed E-state index contributed by atoms with van der Waals surface area (Å²) in [5.74, 6) is 0.494.